The van der Waals surface area contributed by atoms with Crippen LogP contribution in [0.25, 0.3) is 0 Å². The summed E-state index contributed by atoms with van der Waals surface area (Å²) in [7, 11) is 0. The molecule has 0 aliphatic heterocycles. The van der Waals surface area contributed by atoms with Gasteiger partial charge < -0.3 is 14.6 Å². The highest BCUT2D eigenvalue weighted by Crippen LogP contribution is 2.12. The van der Waals surface area contributed by atoms with E-state index in [1.807, 2.05) is 0 Å². The van der Waals surface area contributed by atoms with E-state index in [9.17, 15) is 14.7 Å². The second kappa shape index (κ2) is 28.8. The number of hydrogen-bond donors (Lipinski definition) is 1. The van der Waals surface area contributed by atoms with E-state index < -0.39 is 24.6 Å². The third-order valence-electron chi connectivity index (χ3n) is 4.87. The summed E-state index contributed by atoms with van der Waals surface area (Å²) in [6.45, 7) is 1.50. The standard InChI is InChI=1S/C31H36O5.H2S.11H2/c1-3-5-7-9-11-13-15-16-18-20-22-24-26-31(34)36-29(27-32)28-35-30(33)25-23-21-19-17-14-12-10-8-6-4-2;;;;;;;;;;;;/h2,29,32H,3,5,7,9,11,13,15-16,18,20,22,24,26-28H2,1H3;1H2;11*1H/t29-;;;;;;;;;;;;/m1............/s1. The van der Waals surface area contributed by atoms with Crippen LogP contribution in [0.2, 0.25) is 0 Å². The van der Waals surface area contributed by atoms with Gasteiger partial charge in [0, 0.05) is 28.0 Å². The van der Waals surface area contributed by atoms with Gasteiger partial charge in [-0.05, 0) is 65.6 Å². The molecule has 0 aliphatic rings. The van der Waals surface area contributed by atoms with Crippen LogP contribution in [0.4, 0.5) is 0 Å². The van der Waals surface area contributed by atoms with Crippen LogP contribution < -0.4 is 0 Å². The summed E-state index contributed by atoms with van der Waals surface area (Å²) in [6, 6.07) is 0. The minimum atomic E-state index is -0.923. The van der Waals surface area contributed by atoms with Crippen molar-refractivity contribution in [2.24, 2.45) is 0 Å². The summed E-state index contributed by atoms with van der Waals surface area (Å²) in [6.07, 6.45) is 18.8. The van der Waals surface area contributed by atoms with Crippen LogP contribution in [0.3, 0.4) is 0 Å². The Bertz CT molecular complexity index is 1030. The summed E-state index contributed by atoms with van der Waals surface area (Å²) in [4.78, 5) is 23.6. The number of aliphatic hydroxyl groups excluding tert-OH is 1. The number of rotatable bonds is 17. The van der Waals surface area contributed by atoms with E-state index in [0.717, 1.165) is 19.3 Å². The highest BCUT2D eigenvalue weighted by atomic mass is 32.1. The highest BCUT2D eigenvalue weighted by molar-refractivity contribution is 7.59. The summed E-state index contributed by atoms with van der Waals surface area (Å²) in [5.74, 6) is 24.4. The molecule has 220 valence electrons. The topological polar surface area (TPSA) is 72.8 Å². The summed E-state index contributed by atoms with van der Waals surface area (Å²) < 4.78 is 10.0. The van der Waals surface area contributed by atoms with E-state index >= 15 is 0 Å². The van der Waals surface area contributed by atoms with E-state index in [1.165, 1.54) is 57.8 Å². The number of unbranched alkanes of at least 4 members (excludes halogenated alkanes) is 11. The SMILES string of the molecule is C#CC#CC#CC#CC#CC#CC(=O)OC[C@@H](CO)OC(=O)CCCCCCCCCCCCCC.S.[HH].[HH].[HH].[HH].[HH].[HH].[HH].[HH].[HH].[HH].[HH]. The molecule has 37 heavy (non-hydrogen) atoms. The molecular formula is C31H60O5S. The molecule has 6 heteroatoms. The van der Waals surface area contributed by atoms with Crippen LogP contribution in [0.15, 0.2) is 0 Å². The maximum absolute atomic E-state index is 12.0. The average Bonchev–Trinajstić information content (AvgIpc) is 2.88. The quantitative estimate of drug-likeness (QED) is 0.0924. The van der Waals surface area contributed by atoms with Crippen molar-refractivity contribution >= 4 is 25.4 Å². The Morgan fingerprint density at radius 3 is 1.70 bits per heavy atom. The van der Waals surface area contributed by atoms with Gasteiger partial charge in [0.25, 0.3) is 0 Å². The lowest BCUT2D eigenvalue weighted by Crippen LogP contribution is -2.28. The van der Waals surface area contributed by atoms with Crippen molar-refractivity contribution in [2.75, 3.05) is 13.2 Å². The molecule has 0 bridgehead atoms. The molecule has 0 heterocycles. The summed E-state index contributed by atoms with van der Waals surface area (Å²) in [5, 5.41) is 9.35. The van der Waals surface area contributed by atoms with Gasteiger partial charge in [-0.3, -0.25) is 4.79 Å². The molecule has 0 unspecified atom stereocenters. The number of ether oxygens (including phenoxy) is 2. The first-order valence-corrected chi connectivity index (χ1v) is 12.6. The second-order valence-electron chi connectivity index (χ2n) is 7.93. The zero-order valence-corrected chi connectivity index (χ0v) is 22.8. The normalized spacial score (nSPS) is 9.22. The Morgan fingerprint density at radius 2 is 1.22 bits per heavy atom. The van der Waals surface area contributed by atoms with Gasteiger partial charge in [-0.2, -0.15) is 13.5 Å². The first kappa shape index (κ1) is 35.8. The molecule has 1 atom stereocenters. The monoisotopic (exact) mass is 544 g/mol. The molecule has 1 N–H and O–H groups in total. The van der Waals surface area contributed by atoms with Gasteiger partial charge in [-0.25, -0.2) is 4.79 Å². The van der Waals surface area contributed by atoms with Gasteiger partial charge in [0.05, 0.1) is 6.61 Å². The zero-order valence-electron chi connectivity index (χ0n) is 21.8. The molecule has 0 amide bonds. The molecule has 0 aromatic rings. The third kappa shape index (κ3) is 27.0. The molecule has 0 radical (unpaired) electrons. The van der Waals surface area contributed by atoms with Crippen LogP contribution in [0.5, 0.6) is 0 Å². The van der Waals surface area contributed by atoms with Crippen molar-refractivity contribution in [2.45, 2.75) is 96.5 Å². The number of aliphatic hydroxyl groups is 1. The fraction of sp³-hybridized carbons (Fsp3) is 0.548. The maximum Gasteiger partial charge on any atom is 0.385 e. The molecule has 0 saturated heterocycles. The molecule has 0 spiro atoms. The lowest BCUT2D eigenvalue weighted by Gasteiger charge is -2.14. The van der Waals surface area contributed by atoms with Crippen molar-refractivity contribution in [3.05, 3.63) is 0 Å². The second-order valence-corrected chi connectivity index (χ2v) is 7.93. The first-order valence-electron chi connectivity index (χ1n) is 12.6. The predicted octanol–water partition coefficient (Wildman–Crippen LogP) is 6.99. The van der Waals surface area contributed by atoms with E-state index in [0.29, 0.717) is 0 Å². The van der Waals surface area contributed by atoms with Gasteiger partial charge in [-0.15, -0.1) is 6.42 Å². The van der Waals surface area contributed by atoms with E-state index in [-0.39, 0.29) is 42.2 Å². The predicted molar refractivity (Wildman–Crippen MR) is 175 cm³/mol. The smallest absolute Gasteiger partial charge is 0.385 e. The van der Waals surface area contributed by atoms with Crippen LogP contribution in [0.1, 0.15) is 106 Å². The van der Waals surface area contributed by atoms with Crippen LogP contribution in [0, 0.1) is 71.5 Å². The number of terminal acetylenes is 1. The Hall–Kier alpha value is -3.39. The lowest BCUT2D eigenvalue weighted by atomic mass is 10.0. The van der Waals surface area contributed by atoms with Crippen molar-refractivity contribution in [3.63, 3.8) is 0 Å². The molecule has 0 aromatic carbocycles. The van der Waals surface area contributed by atoms with Gasteiger partial charge >= 0.3 is 11.9 Å². The average molecular weight is 545 g/mol. The minimum Gasteiger partial charge on any atom is -0.456 e. The fourth-order valence-corrected chi connectivity index (χ4v) is 3.02. The maximum atomic E-state index is 12.0. The van der Waals surface area contributed by atoms with E-state index in [2.05, 4.69) is 72.0 Å². The van der Waals surface area contributed by atoms with Gasteiger partial charge in [0.15, 0.2) is 6.10 Å². The largest absolute Gasteiger partial charge is 0.456 e. The molecule has 0 aromatic heterocycles. The van der Waals surface area contributed by atoms with Crippen LogP contribution >= 0.6 is 13.5 Å². The minimum absolute atomic E-state index is 0. The zero-order chi connectivity index (χ0) is 26.5. The number of carbonyl (C=O) groups excluding carboxylic acids is 2. The van der Waals surface area contributed by atoms with E-state index in [4.69, 9.17) is 15.9 Å². The van der Waals surface area contributed by atoms with Crippen LogP contribution in [-0.2, 0) is 19.1 Å². The van der Waals surface area contributed by atoms with Crippen molar-refractivity contribution in [1.82, 2.24) is 0 Å². The van der Waals surface area contributed by atoms with Gasteiger partial charge in [-0.1, -0.05) is 77.6 Å². The molecule has 5 nitrogen and oxygen atoms in total. The Balaban J connectivity index is -0.0000000928. The number of esters is 2. The van der Waals surface area contributed by atoms with Crippen molar-refractivity contribution in [1.29, 1.82) is 0 Å². The van der Waals surface area contributed by atoms with Crippen molar-refractivity contribution < 1.29 is 39.9 Å². The third-order valence-corrected chi connectivity index (χ3v) is 4.87. The Labute approximate surface area is 247 Å². The molecule has 0 aliphatic carbocycles. The van der Waals surface area contributed by atoms with Crippen molar-refractivity contribution in [3.8, 4) is 71.5 Å². The van der Waals surface area contributed by atoms with Crippen LogP contribution in [-0.4, -0.2) is 36.4 Å². The summed E-state index contributed by atoms with van der Waals surface area (Å²) >= 11 is 0. The highest BCUT2D eigenvalue weighted by Gasteiger charge is 2.15. The Morgan fingerprint density at radius 1 is 0.757 bits per heavy atom. The van der Waals surface area contributed by atoms with E-state index in [1.54, 1.807) is 0 Å². The summed E-state index contributed by atoms with van der Waals surface area (Å²) in [5.41, 5.74) is 0. The molecule has 0 fully saturated rings. The fourth-order valence-electron chi connectivity index (χ4n) is 3.02. The molecular weight excluding hydrogens is 484 g/mol. The van der Waals surface area contributed by atoms with Gasteiger partial charge in [0.2, 0.25) is 0 Å². The number of carbonyl (C=O) groups is 2. The number of hydrogen-bond acceptors (Lipinski definition) is 5. The lowest BCUT2D eigenvalue weighted by molar-refractivity contribution is -0.159. The van der Waals surface area contributed by atoms with Gasteiger partial charge in [0.1, 0.15) is 6.61 Å². The first-order chi connectivity index (χ1) is 17.6. The molecule has 0 saturated carbocycles. The molecule has 0 rings (SSSR count). The Kier molecular flexibility index (Phi) is 27.9.